The van der Waals surface area contributed by atoms with Crippen LogP contribution in [0.15, 0.2) is 53.0 Å². The second-order valence-corrected chi connectivity index (χ2v) is 10.7. The molecule has 1 aliphatic rings. The Morgan fingerprint density at radius 1 is 1.07 bits per heavy atom. The normalized spacial score (nSPS) is 17.8. The topological polar surface area (TPSA) is 66.5 Å². The number of nitrogens with one attached hydrogen (secondary N) is 1. The van der Waals surface area contributed by atoms with E-state index >= 15 is 0 Å². The van der Waals surface area contributed by atoms with Crippen LogP contribution in [0.25, 0.3) is 0 Å². The third kappa shape index (κ3) is 6.94. The van der Waals surface area contributed by atoms with Crippen LogP contribution < -0.4 is 5.32 Å². The van der Waals surface area contributed by atoms with Gasteiger partial charge in [-0.2, -0.15) is 0 Å². The molecule has 1 unspecified atom stereocenters. The van der Waals surface area contributed by atoms with Crippen molar-refractivity contribution >= 4 is 37.4 Å². The van der Waals surface area contributed by atoms with E-state index in [9.17, 15) is 13.2 Å². The first-order valence-electron chi connectivity index (χ1n) is 9.88. The lowest BCUT2D eigenvalue weighted by Gasteiger charge is -2.33. The summed E-state index contributed by atoms with van der Waals surface area (Å²) in [7, 11) is -3.53. The van der Waals surface area contributed by atoms with Crippen molar-refractivity contribution in [3.05, 3.63) is 64.1 Å². The van der Waals surface area contributed by atoms with Crippen LogP contribution in [0.1, 0.15) is 37.3 Å². The Balaban J connectivity index is 1.52. The lowest BCUT2D eigenvalue weighted by Crippen LogP contribution is -2.36. The van der Waals surface area contributed by atoms with E-state index < -0.39 is 21.5 Å². The van der Waals surface area contributed by atoms with Crippen LogP contribution in [0.4, 0.5) is 5.69 Å². The lowest BCUT2D eigenvalue weighted by atomic mass is 10.0. The van der Waals surface area contributed by atoms with Gasteiger partial charge in [-0.25, -0.2) is 8.42 Å². The molecule has 156 valence electrons. The Morgan fingerprint density at radius 2 is 1.72 bits per heavy atom. The van der Waals surface area contributed by atoms with E-state index in [2.05, 4.69) is 33.1 Å². The summed E-state index contributed by atoms with van der Waals surface area (Å²) in [6.07, 6.45) is 3.78. The summed E-state index contributed by atoms with van der Waals surface area (Å²) in [5.74, 6) is -1.20. The zero-order valence-corrected chi connectivity index (χ0v) is 19.0. The minimum Gasteiger partial charge on any atom is -0.325 e. The third-order valence-corrected chi connectivity index (χ3v) is 7.22. The Kier molecular flexibility index (Phi) is 7.49. The summed E-state index contributed by atoms with van der Waals surface area (Å²) in [6.45, 7) is 4.29. The molecule has 0 bridgehead atoms. The fraction of sp³-hybridized carbons (Fsp3) is 0.409. The molecule has 1 N–H and O–H groups in total. The number of benzene rings is 2. The molecule has 1 aliphatic heterocycles. The van der Waals surface area contributed by atoms with Crippen molar-refractivity contribution in [2.75, 3.05) is 17.6 Å². The standard InChI is InChI=1S/C22H27BrN2O3S/c1-17-4-2-3-13-25(17)14-18-7-11-21(12-8-18)24-22(26)16-29(27,28)15-19-5-9-20(23)10-6-19/h5-12,17H,2-4,13-16H2,1H3,(H,24,26). The number of likely N-dealkylation sites (tertiary alicyclic amines) is 1. The average Bonchev–Trinajstić information content (AvgIpc) is 2.66. The Bertz CT molecular complexity index is 928. The highest BCUT2D eigenvalue weighted by Gasteiger charge is 2.19. The van der Waals surface area contributed by atoms with Crippen LogP contribution >= 0.6 is 15.9 Å². The number of amides is 1. The molecule has 1 heterocycles. The molecule has 2 aromatic rings. The number of piperidine rings is 1. The molecular formula is C22H27BrN2O3S. The highest BCUT2D eigenvalue weighted by Crippen LogP contribution is 2.20. The van der Waals surface area contributed by atoms with Gasteiger partial charge in [0.25, 0.3) is 0 Å². The second-order valence-electron chi connectivity index (χ2n) is 7.72. The molecule has 0 aromatic heterocycles. The van der Waals surface area contributed by atoms with E-state index in [0.29, 0.717) is 17.3 Å². The number of hydrogen-bond acceptors (Lipinski definition) is 4. The van der Waals surface area contributed by atoms with Gasteiger partial charge < -0.3 is 5.32 Å². The number of carbonyl (C=O) groups is 1. The molecule has 0 radical (unpaired) electrons. The molecule has 5 nitrogen and oxygen atoms in total. The quantitative estimate of drug-likeness (QED) is 0.640. The van der Waals surface area contributed by atoms with Gasteiger partial charge in [0.05, 0.1) is 5.75 Å². The highest BCUT2D eigenvalue weighted by molar-refractivity contribution is 9.10. The van der Waals surface area contributed by atoms with Gasteiger partial charge in [0.2, 0.25) is 5.91 Å². The minimum atomic E-state index is -3.53. The monoisotopic (exact) mass is 478 g/mol. The van der Waals surface area contributed by atoms with Crippen LogP contribution in [0.5, 0.6) is 0 Å². The summed E-state index contributed by atoms with van der Waals surface area (Å²) in [6, 6.07) is 15.3. The highest BCUT2D eigenvalue weighted by atomic mass is 79.9. The van der Waals surface area contributed by atoms with Crippen LogP contribution in [0, 0.1) is 0 Å². The Morgan fingerprint density at radius 3 is 2.38 bits per heavy atom. The summed E-state index contributed by atoms with van der Waals surface area (Å²) in [4.78, 5) is 14.7. The smallest absolute Gasteiger partial charge is 0.239 e. The van der Waals surface area contributed by atoms with Gasteiger partial charge in [-0.05, 0) is 61.7 Å². The van der Waals surface area contributed by atoms with Crippen LogP contribution in [0.2, 0.25) is 0 Å². The minimum absolute atomic E-state index is 0.152. The van der Waals surface area contributed by atoms with Crippen molar-refractivity contribution in [3.63, 3.8) is 0 Å². The predicted octanol–water partition coefficient (Wildman–Crippen LogP) is 4.38. The second kappa shape index (κ2) is 9.87. The van der Waals surface area contributed by atoms with Crippen molar-refractivity contribution in [1.82, 2.24) is 4.90 Å². The average molecular weight is 479 g/mol. The SMILES string of the molecule is CC1CCCCN1Cc1ccc(NC(=O)CS(=O)(=O)Cc2ccc(Br)cc2)cc1. The van der Waals surface area contributed by atoms with Gasteiger partial charge in [-0.3, -0.25) is 9.69 Å². The summed E-state index contributed by atoms with van der Waals surface area (Å²) in [5.41, 5.74) is 2.47. The van der Waals surface area contributed by atoms with E-state index in [-0.39, 0.29) is 5.75 Å². The van der Waals surface area contributed by atoms with E-state index in [4.69, 9.17) is 0 Å². The molecule has 1 atom stereocenters. The largest absolute Gasteiger partial charge is 0.325 e. The predicted molar refractivity (Wildman–Crippen MR) is 120 cm³/mol. The Labute approximate surface area is 181 Å². The van der Waals surface area contributed by atoms with Gasteiger partial charge in [0, 0.05) is 22.7 Å². The third-order valence-electron chi connectivity index (χ3n) is 5.21. The van der Waals surface area contributed by atoms with E-state index in [1.54, 1.807) is 24.3 Å². The number of anilines is 1. The van der Waals surface area contributed by atoms with Gasteiger partial charge in [0.15, 0.2) is 9.84 Å². The number of hydrogen-bond donors (Lipinski definition) is 1. The first-order valence-corrected chi connectivity index (χ1v) is 12.5. The van der Waals surface area contributed by atoms with Crippen LogP contribution in [0.3, 0.4) is 0 Å². The fourth-order valence-corrected chi connectivity index (χ4v) is 5.14. The molecule has 1 amide bonds. The van der Waals surface area contributed by atoms with Crippen molar-refractivity contribution in [2.24, 2.45) is 0 Å². The van der Waals surface area contributed by atoms with Gasteiger partial charge in [0.1, 0.15) is 5.75 Å². The lowest BCUT2D eigenvalue weighted by molar-refractivity contribution is -0.113. The van der Waals surface area contributed by atoms with Crippen molar-refractivity contribution in [2.45, 2.75) is 44.5 Å². The maximum absolute atomic E-state index is 12.3. The maximum Gasteiger partial charge on any atom is 0.239 e. The molecule has 3 rings (SSSR count). The van der Waals surface area contributed by atoms with Crippen molar-refractivity contribution < 1.29 is 13.2 Å². The molecule has 0 saturated carbocycles. The number of halogens is 1. The Hall–Kier alpha value is -1.70. The molecule has 1 saturated heterocycles. The molecule has 2 aromatic carbocycles. The first kappa shape index (κ1) is 22.0. The van der Waals surface area contributed by atoms with Crippen molar-refractivity contribution in [3.8, 4) is 0 Å². The molecule has 1 fully saturated rings. The molecule has 0 aliphatic carbocycles. The van der Waals surface area contributed by atoms with E-state index in [1.165, 1.54) is 24.8 Å². The summed E-state index contributed by atoms with van der Waals surface area (Å²) < 4.78 is 25.5. The van der Waals surface area contributed by atoms with Gasteiger partial charge >= 0.3 is 0 Å². The van der Waals surface area contributed by atoms with Gasteiger partial charge in [-0.15, -0.1) is 0 Å². The summed E-state index contributed by atoms with van der Waals surface area (Å²) >= 11 is 3.32. The van der Waals surface area contributed by atoms with E-state index in [1.807, 2.05) is 24.3 Å². The number of nitrogens with zero attached hydrogens (tertiary/aromatic N) is 1. The van der Waals surface area contributed by atoms with Crippen LogP contribution in [-0.2, 0) is 26.9 Å². The summed E-state index contributed by atoms with van der Waals surface area (Å²) in [5, 5.41) is 2.69. The molecule has 7 heteroatoms. The van der Waals surface area contributed by atoms with E-state index in [0.717, 1.165) is 17.6 Å². The van der Waals surface area contributed by atoms with Crippen LogP contribution in [-0.4, -0.2) is 37.6 Å². The number of rotatable bonds is 7. The number of sulfone groups is 1. The molecular weight excluding hydrogens is 452 g/mol. The fourth-order valence-electron chi connectivity index (χ4n) is 3.60. The molecule has 0 spiro atoms. The maximum atomic E-state index is 12.3. The zero-order valence-electron chi connectivity index (χ0n) is 16.6. The molecule has 29 heavy (non-hydrogen) atoms. The zero-order chi connectivity index (χ0) is 20.9. The van der Waals surface area contributed by atoms with Crippen molar-refractivity contribution in [1.29, 1.82) is 0 Å². The van der Waals surface area contributed by atoms with Gasteiger partial charge in [-0.1, -0.05) is 46.6 Å². The number of carbonyl (C=O) groups excluding carboxylic acids is 1. The first-order chi connectivity index (χ1) is 13.8.